The van der Waals surface area contributed by atoms with Gasteiger partial charge in [0.25, 0.3) is 5.56 Å². The van der Waals surface area contributed by atoms with Crippen LogP contribution in [0.4, 0.5) is 8.78 Å². The van der Waals surface area contributed by atoms with Crippen molar-refractivity contribution in [2.24, 2.45) is 0 Å². The van der Waals surface area contributed by atoms with E-state index in [9.17, 15) is 18.7 Å². The highest BCUT2D eigenvalue weighted by atomic mass is 35.5. The lowest BCUT2D eigenvalue weighted by Crippen LogP contribution is -2.43. The number of hydrogen-bond donors (Lipinski definition) is 1. The highest BCUT2D eigenvalue weighted by Gasteiger charge is 2.41. The third kappa shape index (κ3) is 3.46. The Morgan fingerprint density at radius 2 is 2.10 bits per heavy atom. The van der Waals surface area contributed by atoms with Gasteiger partial charge in [0.1, 0.15) is 29.9 Å². The second-order valence-electron chi connectivity index (χ2n) is 6.66. The molecule has 0 aliphatic heterocycles. The average molecular weight is 435 g/mol. The van der Waals surface area contributed by atoms with Gasteiger partial charge in [-0.1, -0.05) is 17.7 Å². The van der Waals surface area contributed by atoms with E-state index in [0.717, 1.165) is 34.0 Å². The maximum Gasteiger partial charge on any atom is 0.261 e. The molecule has 0 bridgehead atoms. The number of benzene rings is 2. The second-order valence-corrected chi connectivity index (χ2v) is 7.10. The topological polar surface area (TPSA) is 85.8 Å². The number of aromatic nitrogens is 5. The summed E-state index contributed by atoms with van der Waals surface area (Å²) < 4.78 is 54.7. The standard InChI is InChI=1S/C20H16ClF2N5O2/c1-12(28-11-25-18-6-13(21)2-4-15(18)19(28)29)20(30,8-27-10-24-9-26-27)16-5-3-14(22)7-17(16)23/h2-7,9-12,30H,8H2,1H3/t12-,20?/m1/s1/i1D3. The van der Waals surface area contributed by atoms with E-state index >= 15 is 0 Å². The molecule has 0 saturated heterocycles. The minimum atomic E-state index is -3.04. The van der Waals surface area contributed by atoms with E-state index in [4.69, 9.17) is 15.7 Å². The molecule has 4 aromatic rings. The van der Waals surface area contributed by atoms with Crippen molar-refractivity contribution in [1.82, 2.24) is 24.3 Å². The first-order chi connectivity index (χ1) is 15.5. The fourth-order valence-electron chi connectivity index (χ4n) is 3.24. The van der Waals surface area contributed by atoms with Crippen LogP contribution in [-0.2, 0) is 12.1 Å². The van der Waals surface area contributed by atoms with E-state index in [1.165, 1.54) is 24.5 Å². The summed E-state index contributed by atoms with van der Waals surface area (Å²) in [5.41, 5.74) is -3.72. The summed E-state index contributed by atoms with van der Waals surface area (Å²) in [6.45, 7) is -3.65. The maximum atomic E-state index is 14.9. The Morgan fingerprint density at radius 3 is 2.80 bits per heavy atom. The molecule has 154 valence electrons. The molecule has 10 heteroatoms. The van der Waals surface area contributed by atoms with Crippen LogP contribution in [0, 0.1) is 11.6 Å². The van der Waals surface area contributed by atoms with Crippen LogP contribution in [0.2, 0.25) is 5.02 Å². The summed E-state index contributed by atoms with van der Waals surface area (Å²) in [5.74, 6) is -2.12. The molecule has 30 heavy (non-hydrogen) atoms. The van der Waals surface area contributed by atoms with Gasteiger partial charge in [0, 0.05) is 20.8 Å². The first kappa shape index (κ1) is 16.6. The largest absolute Gasteiger partial charge is 0.381 e. The van der Waals surface area contributed by atoms with Gasteiger partial charge in [-0.3, -0.25) is 9.36 Å². The Bertz CT molecular complexity index is 1380. The van der Waals surface area contributed by atoms with Crippen molar-refractivity contribution in [1.29, 1.82) is 0 Å². The normalized spacial score (nSPS) is 16.5. The summed E-state index contributed by atoms with van der Waals surface area (Å²) >= 11 is 5.94. The minimum absolute atomic E-state index is 0.0406. The van der Waals surface area contributed by atoms with Crippen molar-refractivity contribution in [3.05, 3.63) is 88.0 Å². The number of aliphatic hydroxyl groups is 1. The lowest BCUT2D eigenvalue weighted by molar-refractivity contribution is -0.0343. The van der Waals surface area contributed by atoms with E-state index in [-0.39, 0.29) is 10.9 Å². The van der Waals surface area contributed by atoms with Gasteiger partial charge in [-0.25, -0.2) is 23.4 Å². The number of hydrogen-bond acceptors (Lipinski definition) is 5. The van der Waals surface area contributed by atoms with Gasteiger partial charge >= 0.3 is 0 Å². The zero-order valence-electron chi connectivity index (χ0n) is 18.2. The van der Waals surface area contributed by atoms with E-state index in [1.54, 1.807) is 0 Å². The van der Waals surface area contributed by atoms with Crippen LogP contribution in [0.25, 0.3) is 10.9 Å². The van der Waals surface area contributed by atoms with Crippen LogP contribution >= 0.6 is 11.6 Å². The molecule has 0 amide bonds. The van der Waals surface area contributed by atoms with Crippen LogP contribution in [0.3, 0.4) is 0 Å². The highest BCUT2D eigenvalue weighted by Crippen LogP contribution is 2.36. The fourth-order valence-corrected chi connectivity index (χ4v) is 3.41. The molecular weight excluding hydrogens is 416 g/mol. The van der Waals surface area contributed by atoms with Gasteiger partial charge in [-0.15, -0.1) is 0 Å². The van der Waals surface area contributed by atoms with Crippen molar-refractivity contribution in [3.63, 3.8) is 0 Å². The quantitative estimate of drug-likeness (QED) is 0.521. The molecule has 1 unspecified atom stereocenters. The van der Waals surface area contributed by atoms with Crippen LogP contribution in [-0.4, -0.2) is 29.4 Å². The SMILES string of the molecule is [2H]C([2H])([2H])[C@@H](n1cnc2cc(Cl)ccc2c1=O)C(O)(Cn1cncn1)c1ccc(F)cc1F. The average Bonchev–Trinajstić information content (AvgIpc) is 3.21. The van der Waals surface area contributed by atoms with Crippen molar-refractivity contribution in [2.45, 2.75) is 25.0 Å². The number of nitrogens with zero attached hydrogens (tertiary/aromatic N) is 5. The monoisotopic (exact) mass is 434 g/mol. The predicted octanol–water partition coefficient (Wildman–Crippen LogP) is 3.07. The summed E-state index contributed by atoms with van der Waals surface area (Å²) in [6.07, 6.45) is 3.28. The maximum absolute atomic E-state index is 14.9. The lowest BCUT2D eigenvalue weighted by Gasteiger charge is -2.35. The van der Waals surface area contributed by atoms with Gasteiger partial charge in [0.2, 0.25) is 0 Å². The molecule has 2 aromatic carbocycles. The number of rotatable bonds is 5. The molecule has 2 aromatic heterocycles. The van der Waals surface area contributed by atoms with E-state index in [2.05, 4.69) is 15.1 Å². The Morgan fingerprint density at radius 1 is 1.27 bits per heavy atom. The van der Waals surface area contributed by atoms with Crippen LogP contribution < -0.4 is 5.56 Å². The van der Waals surface area contributed by atoms with Crippen LogP contribution in [0.1, 0.15) is 22.6 Å². The zero-order chi connectivity index (χ0) is 24.0. The Kier molecular flexibility index (Phi) is 4.20. The molecular formula is C20H16ClF2N5O2. The van der Waals surface area contributed by atoms with Gasteiger partial charge < -0.3 is 5.11 Å². The Hall–Kier alpha value is -3.17. The van der Waals surface area contributed by atoms with Gasteiger partial charge in [0.05, 0.1) is 29.8 Å². The molecule has 2 atom stereocenters. The van der Waals surface area contributed by atoms with Crippen molar-refractivity contribution < 1.29 is 18.0 Å². The number of halogens is 3. The van der Waals surface area contributed by atoms with E-state index in [0.29, 0.717) is 11.1 Å². The van der Waals surface area contributed by atoms with E-state index < -0.39 is 47.8 Å². The predicted molar refractivity (Wildman–Crippen MR) is 106 cm³/mol. The Labute approximate surface area is 178 Å². The first-order valence-electron chi connectivity index (χ1n) is 10.2. The minimum Gasteiger partial charge on any atom is -0.381 e. The van der Waals surface area contributed by atoms with E-state index in [1.807, 2.05) is 0 Å². The Balaban J connectivity index is 2.01. The van der Waals surface area contributed by atoms with Gasteiger partial charge in [-0.05, 0) is 31.1 Å². The molecule has 0 aliphatic carbocycles. The van der Waals surface area contributed by atoms with Crippen molar-refractivity contribution >= 4 is 22.5 Å². The molecule has 0 spiro atoms. The molecule has 0 saturated carbocycles. The highest BCUT2D eigenvalue weighted by molar-refractivity contribution is 6.31. The van der Waals surface area contributed by atoms with Crippen LogP contribution in [0.15, 0.2) is 60.2 Å². The summed E-state index contributed by atoms with van der Waals surface area (Å²) in [7, 11) is 0. The van der Waals surface area contributed by atoms with Crippen molar-refractivity contribution in [3.8, 4) is 0 Å². The van der Waals surface area contributed by atoms with Crippen molar-refractivity contribution in [2.75, 3.05) is 0 Å². The summed E-state index contributed by atoms with van der Waals surface area (Å²) in [4.78, 5) is 21.1. The third-order valence-electron chi connectivity index (χ3n) is 4.74. The molecule has 2 heterocycles. The summed E-state index contributed by atoms with van der Waals surface area (Å²) in [5, 5.41) is 16.0. The number of fused-ring (bicyclic) bond motifs is 1. The smallest absolute Gasteiger partial charge is 0.261 e. The first-order valence-corrected chi connectivity index (χ1v) is 9.05. The van der Waals surface area contributed by atoms with Gasteiger partial charge in [-0.2, -0.15) is 5.10 Å². The molecule has 1 N–H and O–H groups in total. The molecule has 0 fully saturated rings. The second kappa shape index (κ2) is 7.58. The molecule has 7 nitrogen and oxygen atoms in total. The summed E-state index contributed by atoms with van der Waals surface area (Å²) in [6, 6.07) is 4.52. The third-order valence-corrected chi connectivity index (χ3v) is 4.98. The molecule has 0 aliphatic rings. The zero-order valence-corrected chi connectivity index (χ0v) is 16.0. The fraction of sp³-hybridized carbons (Fsp3) is 0.200. The molecule has 0 radical (unpaired) electrons. The van der Waals surface area contributed by atoms with Crippen LogP contribution in [0.5, 0.6) is 0 Å². The molecule has 4 rings (SSSR count). The lowest BCUT2D eigenvalue weighted by atomic mass is 9.86. The van der Waals surface area contributed by atoms with Gasteiger partial charge in [0.15, 0.2) is 0 Å².